The van der Waals surface area contributed by atoms with Gasteiger partial charge >= 0.3 is 0 Å². The number of anilines is 1. The molecule has 1 N–H and O–H groups in total. The number of carbonyl (C=O) groups is 1. The first-order valence-electron chi connectivity index (χ1n) is 9.04. The van der Waals surface area contributed by atoms with Gasteiger partial charge in [0.1, 0.15) is 25.6 Å². The molecular formula is C19H16N6O3S. The summed E-state index contributed by atoms with van der Waals surface area (Å²) in [5.74, 6) is 1.13. The van der Waals surface area contributed by atoms with Crippen LogP contribution in [0.25, 0.3) is 10.2 Å². The Hall–Kier alpha value is -3.53. The molecular weight excluding hydrogens is 392 g/mol. The van der Waals surface area contributed by atoms with Crippen LogP contribution in [0, 0.1) is 0 Å². The quantitative estimate of drug-likeness (QED) is 0.541. The van der Waals surface area contributed by atoms with E-state index in [1.165, 1.54) is 22.3 Å². The zero-order valence-electron chi connectivity index (χ0n) is 15.2. The fraction of sp³-hybridized carbons (Fsp3) is 0.211. The molecule has 0 saturated heterocycles. The predicted octanol–water partition coefficient (Wildman–Crippen LogP) is 2.48. The summed E-state index contributed by atoms with van der Waals surface area (Å²) in [6.07, 6.45) is 1.90. The maximum atomic E-state index is 13.0. The number of ether oxygens (including phenoxy) is 2. The van der Waals surface area contributed by atoms with Crippen molar-refractivity contribution in [1.29, 1.82) is 0 Å². The first-order valence-corrected chi connectivity index (χ1v) is 9.85. The highest BCUT2D eigenvalue weighted by atomic mass is 32.1. The van der Waals surface area contributed by atoms with Gasteiger partial charge in [0.2, 0.25) is 0 Å². The largest absolute Gasteiger partial charge is 0.486 e. The Morgan fingerprint density at radius 2 is 1.97 bits per heavy atom. The van der Waals surface area contributed by atoms with Gasteiger partial charge in [-0.2, -0.15) is 0 Å². The van der Waals surface area contributed by atoms with E-state index in [1.54, 1.807) is 0 Å². The predicted molar refractivity (Wildman–Crippen MR) is 106 cm³/mol. The van der Waals surface area contributed by atoms with Gasteiger partial charge in [0, 0.05) is 18.6 Å². The van der Waals surface area contributed by atoms with Crippen LogP contribution in [0.2, 0.25) is 0 Å². The molecule has 1 aliphatic heterocycles. The summed E-state index contributed by atoms with van der Waals surface area (Å²) in [5, 5.41) is 14.6. The summed E-state index contributed by atoms with van der Waals surface area (Å²) < 4.78 is 13.6. The number of carbonyl (C=O) groups excluding carboxylic acids is 1. The molecule has 2 aromatic heterocycles. The number of tetrazole rings is 1. The van der Waals surface area contributed by atoms with Crippen LogP contribution in [0.1, 0.15) is 11.6 Å². The topological polar surface area (TPSA) is 104 Å². The number of nitrogens with zero attached hydrogens (tertiary/aromatic N) is 5. The first kappa shape index (κ1) is 17.6. The zero-order valence-corrected chi connectivity index (χ0v) is 16.0. The summed E-state index contributed by atoms with van der Waals surface area (Å²) in [5.41, 5.74) is 1.76. The Bertz CT molecular complexity index is 1100. The Morgan fingerprint density at radius 1 is 1.17 bits per heavy atom. The normalized spacial score (nSPS) is 13.9. The van der Waals surface area contributed by atoms with Crippen molar-refractivity contribution in [3.05, 3.63) is 54.4 Å². The van der Waals surface area contributed by atoms with Crippen LogP contribution < -0.4 is 14.8 Å². The van der Waals surface area contributed by atoms with Gasteiger partial charge in [-0.25, -0.2) is 9.67 Å². The maximum Gasteiger partial charge on any atom is 0.251 e. The first-order chi connectivity index (χ1) is 14.3. The second-order valence-corrected chi connectivity index (χ2v) is 7.50. The van der Waals surface area contributed by atoms with E-state index < -0.39 is 6.04 Å². The molecule has 10 heteroatoms. The van der Waals surface area contributed by atoms with Gasteiger partial charge in [-0.05, 0) is 16.0 Å². The maximum absolute atomic E-state index is 13.0. The molecule has 5 rings (SSSR count). The lowest BCUT2D eigenvalue weighted by molar-refractivity contribution is -0.119. The summed E-state index contributed by atoms with van der Waals surface area (Å²) in [7, 11) is 0. The lowest BCUT2D eigenvalue weighted by Crippen LogP contribution is -2.28. The van der Waals surface area contributed by atoms with E-state index in [-0.39, 0.29) is 5.91 Å². The second-order valence-electron chi connectivity index (χ2n) is 6.47. The van der Waals surface area contributed by atoms with E-state index in [9.17, 15) is 4.79 Å². The number of amides is 1. The molecule has 3 heterocycles. The molecule has 0 aliphatic carbocycles. The third-order valence-corrected chi connectivity index (χ3v) is 5.47. The van der Waals surface area contributed by atoms with Gasteiger partial charge in [-0.15, -0.1) is 5.10 Å². The van der Waals surface area contributed by atoms with Crippen LogP contribution in [-0.2, 0) is 11.2 Å². The van der Waals surface area contributed by atoms with Crippen molar-refractivity contribution >= 4 is 32.6 Å². The van der Waals surface area contributed by atoms with Crippen molar-refractivity contribution in [2.75, 3.05) is 18.5 Å². The fourth-order valence-corrected chi connectivity index (χ4v) is 4.04. The second kappa shape index (κ2) is 7.47. The van der Waals surface area contributed by atoms with Gasteiger partial charge in [0.05, 0.1) is 10.2 Å². The van der Waals surface area contributed by atoms with Gasteiger partial charge < -0.3 is 14.8 Å². The SMILES string of the molecule is O=C(Nc1nc2cc3c(cc2s1)OCCO3)C(Cc1ccccc1)n1cnnn1. The van der Waals surface area contributed by atoms with Crippen molar-refractivity contribution < 1.29 is 14.3 Å². The molecule has 0 spiro atoms. The molecule has 29 heavy (non-hydrogen) atoms. The number of aromatic nitrogens is 5. The third kappa shape index (κ3) is 3.61. The monoisotopic (exact) mass is 408 g/mol. The van der Waals surface area contributed by atoms with Crippen molar-refractivity contribution in [1.82, 2.24) is 25.2 Å². The van der Waals surface area contributed by atoms with Crippen LogP contribution in [0.5, 0.6) is 11.5 Å². The van der Waals surface area contributed by atoms with Crippen LogP contribution in [0.3, 0.4) is 0 Å². The molecule has 1 atom stereocenters. The van der Waals surface area contributed by atoms with Crippen LogP contribution >= 0.6 is 11.3 Å². The highest BCUT2D eigenvalue weighted by Gasteiger charge is 2.24. The minimum Gasteiger partial charge on any atom is -0.486 e. The molecule has 2 aromatic carbocycles. The summed E-state index contributed by atoms with van der Waals surface area (Å²) >= 11 is 1.38. The number of rotatable bonds is 5. The fourth-order valence-electron chi connectivity index (χ4n) is 3.16. The van der Waals surface area contributed by atoms with E-state index in [0.717, 1.165) is 15.8 Å². The number of benzene rings is 2. The summed E-state index contributed by atoms with van der Waals surface area (Å²) in [6, 6.07) is 12.9. The van der Waals surface area contributed by atoms with Crippen molar-refractivity contribution in [2.45, 2.75) is 12.5 Å². The average molecular weight is 408 g/mol. The minimum atomic E-state index is -0.598. The van der Waals surface area contributed by atoms with Gasteiger partial charge in [-0.3, -0.25) is 4.79 Å². The number of fused-ring (bicyclic) bond motifs is 2. The van der Waals surface area contributed by atoms with E-state index in [0.29, 0.717) is 36.3 Å². The Morgan fingerprint density at radius 3 is 2.72 bits per heavy atom. The number of nitrogens with one attached hydrogen (secondary N) is 1. The molecule has 0 fully saturated rings. The molecule has 1 aliphatic rings. The van der Waals surface area contributed by atoms with E-state index in [1.807, 2.05) is 42.5 Å². The molecule has 1 amide bonds. The lowest BCUT2D eigenvalue weighted by Gasteiger charge is -2.17. The van der Waals surface area contributed by atoms with Crippen molar-refractivity contribution in [3.63, 3.8) is 0 Å². The van der Waals surface area contributed by atoms with Crippen molar-refractivity contribution in [2.24, 2.45) is 0 Å². The highest BCUT2D eigenvalue weighted by molar-refractivity contribution is 7.22. The molecule has 9 nitrogen and oxygen atoms in total. The summed E-state index contributed by atoms with van der Waals surface area (Å²) in [4.78, 5) is 17.6. The van der Waals surface area contributed by atoms with Crippen LogP contribution in [0.4, 0.5) is 5.13 Å². The van der Waals surface area contributed by atoms with E-state index in [2.05, 4.69) is 25.8 Å². The summed E-state index contributed by atoms with van der Waals surface area (Å²) in [6.45, 7) is 1.04. The molecule has 0 radical (unpaired) electrons. The Balaban J connectivity index is 1.41. The van der Waals surface area contributed by atoms with Gasteiger partial charge in [0.15, 0.2) is 16.6 Å². The average Bonchev–Trinajstić information content (AvgIpc) is 3.40. The molecule has 4 aromatic rings. The Kier molecular flexibility index (Phi) is 4.53. The molecule has 146 valence electrons. The molecule has 1 unspecified atom stereocenters. The zero-order chi connectivity index (χ0) is 19.6. The highest BCUT2D eigenvalue weighted by Crippen LogP contribution is 2.38. The van der Waals surface area contributed by atoms with Crippen molar-refractivity contribution in [3.8, 4) is 11.5 Å². The number of hydrogen-bond acceptors (Lipinski definition) is 8. The van der Waals surface area contributed by atoms with E-state index in [4.69, 9.17) is 9.47 Å². The van der Waals surface area contributed by atoms with Crippen LogP contribution in [-0.4, -0.2) is 44.3 Å². The molecule has 0 saturated carbocycles. The van der Waals surface area contributed by atoms with Gasteiger partial charge in [0.25, 0.3) is 5.91 Å². The number of thiazole rings is 1. The number of hydrogen-bond donors (Lipinski definition) is 1. The smallest absolute Gasteiger partial charge is 0.251 e. The Labute approximate surface area is 169 Å². The lowest BCUT2D eigenvalue weighted by atomic mass is 10.1. The van der Waals surface area contributed by atoms with Crippen LogP contribution in [0.15, 0.2) is 48.8 Å². The molecule has 0 bridgehead atoms. The standard InChI is InChI=1S/C19H16N6O3S/c26-18(14(25-11-20-23-24-25)8-12-4-2-1-3-5-12)22-19-21-13-9-15-16(10-17(13)29-19)28-7-6-27-15/h1-5,9-11,14H,6-8H2,(H,21,22,26). The minimum absolute atomic E-state index is 0.238. The van der Waals surface area contributed by atoms with Gasteiger partial charge in [-0.1, -0.05) is 41.7 Å². The van der Waals surface area contributed by atoms with E-state index >= 15 is 0 Å². The third-order valence-electron chi connectivity index (χ3n) is 4.54.